The third kappa shape index (κ3) is 8.86. The molecule has 1 heterocycles. The molecule has 2 N–H and O–H groups in total. The largest absolute Gasteiger partial charge is 0.368 e. The van der Waals surface area contributed by atoms with Gasteiger partial charge < -0.3 is 20.4 Å². The summed E-state index contributed by atoms with van der Waals surface area (Å²) in [5.41, 5.74) is 7.68. The van der Waals surface area contributed by atoms with Crippen molar-refractivity contribution in [3.63, 3.8) is 0 Å². The fourth-order valence-corrected chi connectivity index (χ4v) is 6.25. The third-order valence-corrected chi connectivity index (χ3v) is 9.07. The molecule has 0 aliphatic carbocycles. The van der Waals surface area contributed by atoms with Gasteiger partial charge in [-0.05, 0) is 48.6 Å². The number of primary amides is 1. The van der Waals surface area contributed by atoms with Gasteiger partial charge in [0.1, 0.15) is 18.1 Å². The Bertz CT molecular complexity index is 1420. The van der Waals surface area contributed by atoms with Crippen LogP contribution < -0.4 is 5.73 Å². The van der Waals surface area contributed by atoms with Crippen LogP contribution in [0, 0.1) is 0 Å². The van der Waals surface area contributed by atoms with E-state index in [4.69, 9.17) is 28.9 Å². The van der Waals surface area contributed by atoms with Crippen LogP contribution >= 0.6 is 23.2 Å². The number of hydrogen-bond acceptors (Lipinski definition) is 4. The van der Waals surface area contributed by atoms with Gasteiger partial charge in [0.2, 0.25) is 23.6 Å². The van der Waals surface area contributed by atoms with Crippen LogP contribution in [0.1, 0.15) is 55.7 Å². The van der Waals surface area contributed by atoms with Crippen molar-refractivity contribution in [2.45, 2.75) is 63.0 Å². The molecule has 10 heteroatoms. The highest BCUT2D eigenvalue weighted by molar-refractivity contribution is 6.30. The molecular formula is C35H40Cl2N4O4. The summed E-state index contributed by atoms with van der Waals surface area (Å²) in [5.74, 6) is -1.81. The summed E-state index contributed by atoms with van der Waals surface area (Å²) in [5, 5.41) is 0.578. The van der Waals surface area contributed by atoms with Crippen LogP contribution in [-0.4, -0.2) is 75.5 Å². The number of hydrogen-bond donors (Lipinski definition) is 1. The van der Waals surface area contributed by atoms with E-state index < -0.39 is 29.3 Å². The topological polar surface area (TPSA) is 104 Å². The molecule has 0 aromatic heterocycles. The van der Waals surface area contributed by atoms with E-state index in [2.05, 4.69) is 0 Å². The zero-order valence-electron chi connectivity index (χ0n) is 25.6. The van der Waals surface area contributed by atoms with Crippen LogP contribution in [0.15, 0.2) is 84.9 Å². The summed E-state index contributed by atoms with van der Waals surface area (Å²) in [4.78, 5) is 57.8. The van der Waals surface area contributed by atoms with Crippen LogP contribution in [-0.2, 0) is 25.6 Å². The molecule has 0 bridgehead atoms. The molecule has 3 unspecified atom stereocenters. The molecule has 0 spiro atoms. The molecule has 0 saturated carbocycles. The number of nitrogens with two attached hydrogens (primary N) is 1. The predicted octanol–water partition coefficient (Wildman–Crippen LogP) is 5.21. The summed E-state index contributed by atoms with van der Waals surface area (Å²) in [6.45, 7) is 3.49. The van der Waals surface area contributed by atoms with Crippen LogP contribution in [0.25, 0.3) is 0 Å². The highest BCUT2D eigenvalue weighted by atomic mass is 35.5. The number of carbonyl (C=O) groups excluding carboxylic acids is 4. The Morgan fingerprint density at radius 2 is 1.53 bits per heavy atom. The molecule has 4 rings (SSSR count). The average Bonchev–Trinajstić information content (AvgIpc) is 3.04. The number of halogens is 2. The summed E-state index contributed by atoms with van der Waals surface area (Å²) in [6.07, 6.45) is 1.13. The fraction of sp³-hybridized carbons (Fsp3) is 0.371. The van der Waals surface area contributed by atoms with Gasteiger partial charge in [0.25, 0.3) is 0 Å². The highest BCUT2D eigenvalue weighted by Crippen LogP contribution is 2.30. The molecule has 1 saturated heterocycles. The van der Waals surface area contributed by atoms with Crippen molar-refractivity contribution in [2.24, 2.45) is 5.73 Å². The van der Waals surface area contributed by atoms with Crippen LogP contribution in [0.4, 0.5) is 0 Å². The van der Waals surface area contributed by atoms with E-state index in [0.717, 1.165) is 16.7 Å². The number of amides is 4. The number of piperazine rings is 1. The second kappa shape index (κ2) is 15.9. The maximum atomic E-state index is 14.1. The first-order valence-corrected chi connectivity index (χ1v) is 16.1. The van der Waals surface area contributed by atoms with E-state index in [9.17, 15) is 19.2 Å². The first kappa shape index (κ1) is 34.0. The van der Waals surface area contributed by atoms with Crippen molar-refractivity contribution in [1.29, 1.82) is 0 Å². The summed E-state index contributed by atoms with van der Waals surface area (Å²) >= 11 is 12.8. The molecule has 1 aliphatic heterocycles. The quantitative estimate of drug-likeness (QED) is 0.191. The summed E-state index contributed by atoms with van der Waals surface area (Å²) in [7, 11) is 0. The van der Waals surface area contributed by atoms with Crippen molar-refractivity contribution in [3.05, 3.63) is 107 Å². The lowest BCUT2D eigenvalue weighted by molar-refractivity contribution is -0.159. The van der Waals surface area contributed by atoms with Crippen molar-refractivity contribution >= 4 is 46.8 Å². The van der Waals surface area contributed by atoms with Gasteiger partial charge in [-0.15, -0.1) is 0 Å². The molecule has 0 radical (unpaired) electrons. The Kier molecular flexibility index (Phi) is 12.0. The van der Waals surface area contributed by atoms with Crippen molar-refractivity contribution < 1.29 is 19.2 Å². The molecule has 1 fully saturated rings. The van der Waals surface area contributed by atoms with Gasteiger partial charge in [-0.25, -0.2) is 0 Å². The first-order valence-electron chi connectivity index (χ1n) is 15.2. The smallest absolute Gasteiger partial charge is 0.247 e. The minimum absolute atomic E-state index is 0.0400. The zero-order chi connectivity index (χ0) is 32.5. The van der Waals surface area contributed by atoms with Crippen molar-refractivity contribution in [2.75, 3.05) is 19.6 Å². The molecular weight excluding hydrogens is 611 g/mol. The van der Waals surface area contributed by atoms with E-state index in [1.54, 1.807) is 12.1 Å². The molecule has 3 aromatic rings. The monoisotopic (exact) mass is 650 g/mol. The Balaban J connectivity index is 1.62. The third-order valence-electron chi connectivity index (χ3n) is 8.43. The van der Waals surface area contributed by atoms with Crippen molar-refractivity contribution in [1.82, 2.24) is 14.7 Å². The normalized spacial score (nSPS) is 16.5. The summed E-state index contributed by atoms with van der Waals surface area (Å²) in [6, 6.07) is 25.8. The number of rotatable bonds is 14. The Morgan fingerprint density at radius 1 is 0.956 bits per heavy atom. The van der Waals surface area contributed by atoms with E-state index in [1.165, 1.54) is 14.7 Å². The second-order valence-corrected chi connectivity index (χ2v) is 12.4. The number of carbonyl (C=O) groups is 4. The van der Waals surface area contributed by atoms with E-state index in [-0.39, 0.29) is 43.9 Å². The van der Waals surface area contributed by atoms with Gasteiger partial charge in [0.05, 0.1) is 13.0 Å². The highest BCUT2D eigenvalue weighted by Gasteiger charge is 2.43. The van der Waals surface area contributed by atoms with Crippen LogP contribution in [0.5, 0.6) is 0 Å². The maximum absolute atomic E-state index is 14.1. The zero-order valence-corrected chi connectivity index (χ0v) is 27.2. The lowest BCUT2D eigenvalue weighted by Crippen LogP contribution is -2.63. The molecule has 3 atom stereocenters. The van der Waals surface area contributed by atoms with E-state index in [0.29, 0.717) is 24.3 Å². The molecule has 8 nitrogen and oxygen atoms in total. The van der Waals surface area contributed by atoms with Gasteiger partial charge in [0, 0.05) is 29.9 Å². The lowest BCUT2D eigenvalue weighted by atomic mass is 9.88. The molecule has 238 valence electrons. The van der Waals surface area contributed by atoms with Gasteiger partial charge in [-0.3, -0.25) is 19.2 Å². The van der Waals surface area contributed by atoms with Crippen LogP contribution in [0.3, 0.4) is 0 Å². The van der Waals surface area contributed by atoms with Gasteiger partial charge >= 0.3 is 0 Å². The average molecular weight is 652 g/mol. The van der Waals surface area contributed by atoms with Gasteiger partial charge in [0.15, 0.2) is 0 Å². The number of benzene rings is 3. The molecule has 45 heavy (non-hydrogen) atoms. The van der Waals surface area contributed by atoms with Gasteiger partial charge in [-0.2, -0.15) is 0 Å². The molecule has 4 amide bonds. The van der Waals surface area contributed by atoms with Crippen molar-refractivity contribution in [3.8, 4) is 0 Å². The molecule has 1 aliphatic rings. The Morgan fingerprint density at radius 3 is 2.07 bits per heavy atom. The standard InChI is InChI=1S/C35H40Cl2N4O4/c1-3-24(2)40(22-32(38)42)33(43)21-30-35(45)41(31(37)20-25-14-16-28(36)17-15-25)23-34(44)39(30)19-18-29(26-10-6-4-7-11-26)27-12-8-5-9-13-27/h4-17,24,29-31H,3,18-23H2,1-2H3,(H2,38,42). The number of nitrogens with zero attached hydrogens (tertiary/aromatic N) is 3. The molecule has 3 aromatic carbocycles. The summed E-state index contributed by atoms with van der Waals surface area (Å²) < 4.78 is 0. The van der Waals surface area contributed by atoms with Crippen LogP contribution in [0.2, 0.25) is 5.02 Å². The SMILES string of the molecule is CCC(C)N(CC(N)=O)C(=O)CC1C(=O)N(C(Cl)Cc2ccc(Cl)cc2)CC(=O)N1CCC(c1ccccc1)c1ccccc1. The Labute approximate surface area is 275 Å². The minimum atomic E-state index is -1.09. The first-order chi connectivity index (χ1) is 21.6. The van der Waals surface area contributed by atoms with E-state index in [1.807, 2.05) is 86.6 Å². The Hall–Kier alpha value is -3.88. The lowest BCUT2D eigenvalue weighted by Gasteiger charge is -2.43. The minimum Gasteiger partial charge on any atom is -0.368 e. The fourth-order valence-electron chi connectivity index (χ4n) is 5.78. The second-order valence-electron chi connectivity index (χ2n) is 11.4. The maximum Gasteiger partial charge on any atom is 0.247 e. The van der Waals surface area contributed by atoms with E-state index >= 15 is 0 Å². The van der Waals surface area contributed by atoms with Gasteiger partial charge in [-0.1, -0.05) is 103 Å². The number of alkyl halides is 1. The predicted molar refractivity (Wildman–Crippen MR) is 177 cm³/mol.